The van der Waals surface area contributed by atoms with Gasteiger partial charge in [0, 0.05) is 22.3 Å². The Hall–Kier alpha value is -2.65. The maximum Gasteiger partial charge on any atom is 0.234 e. The molecule has 9 heteroatoms. The number of anilines is 1. The third-order valence-corrected chi connectivity index (χ3v) is 5.41. The van der Waals surface area contributed by atoms with Crippen LogP contribution >= 0.6 is 27.7 Å². The molecule has 0 radical (unpaired) electrons. The molecule has 0 saturated heterocycles. The van der Waals surface area contributed by atoms with Gasteiger partial charge in [0.25, 0.3) is 0 Å². The minimum Gasteiger partial charge on any atom is -0.493 e. The summed E-state index contributed by atoms with van der Waals surface area (Å²) in [4.78, 5) is 19.9. The molecule has 0 aliphatic heterocycles. The smallest absolute Gasteiger partial charge is 0.234 e. The largest absolute Gasteiger partial charge is 0.493 e. The Labute approximate surface area is 181 Å². The van der Waals surface area contributed by atoms with Crippen LogP contribution in [0.4, 0.5) is 5.69 Å². The Balaban J connectivity index is 1.62. The lowest BCUT2D eigenvalue weighted by molar-refractivity contribution is -0.113. The van der Waals surface area contributed by atoms with Gasteiger partial charge in [0.05, 0.1) is 39.0 Å². The van der Waals surface area contributed by atoms with Gasteiger partial charge in [-0.15, -0.1) is 0 Å². The van der Waals surface area contributed by atoms with E-state index in [0.29, 0.717) is 28.1 Å². The Morgan fingerprint density at radius 1 is 1.10 bits per heavy atom. The number of hydrogen-bond acceptors (Lipinski definition) is 6. The van der Waals surface area contributed by atoms with Gasteiger partial charge in [-0.3, -0.25) is 4.79 Å². The molecular formula is C20H20BrN3O4S. The zero-order chi connectivity index (χ0) is 20.8. The number of amides is 1. The molecular weight excluding hydrogens is 458 g/mol. The molecule has 0 aliphatic rings. The molecule has 0 aliphatic carbocycles. The molecule has 1 heterocycles. The molecule has 2 aromatic carbocycles. The number of imidazole rings is 1. The van der Waals surface area contributed by atoms with Gasteiger partial charge in [0.1, 0.15) is 0 Å². The molecule has 1 amide bonds. The van der Waals surface area contributed by atoms with E-state index < -0.39 is 0 Å². The maximum atomic E-state index is 12.4. The molecule has 0 fully saturated rings. The van der Waals surface area contributed by atoms with Gasteiger partial charge in [-0.1, -0.05) is 39.8 Å². The molecule has 0 unspecified atom stereocenters. The Morgan fingerprint density at radius 3 is 2.34 bits per heavy atom. The van der Waals surface area contributed by atoms with Crippen LogP contribution in [0, 0.1) is 0 Å². The second-order valence-electron chi connectivity index (χ2n) is 5.86. The van der Waals surface area contributed by atoms with E-state index >= 15 is 0 Å². The first-order valence-electron chi connectivity index (χ1n) is 8.57. The van der Waals surface area contributed by atoms with Crippen molar-refractivity contribution in [1.82, 2.24) is 9.97 Å². The standard InChI is InChI=1S/C20H20BrN3O4S/c1-26-16-8-14(9-17(27-2)19(16)28-3)23-18(25)11-29-20-22-10-15(24-20)12-4-6-13(21)7-5-12/h4-10H,11H2,1-3H3,(H,22,24)(H,23,25). The summed E-state index contributed by atoms with van der Waals surface area (Å²) >= 11 is 4.74. The molecule has 0 atom stereocenters. The van der Waals surface area contributed by atoms with E-state index in [1.807, 2.05) is 24.3 Å². The maximum absolute atomic E-state index is 12.4. The van der Waals surface area contributed by atoms with Crippen LogP contribution in [0.25, 0.3) is 11.3 Å². The highest BCUT2D eigenvalue weighted by molar-refractivity contribution is 9.10. The Morgan fingerprint density at radius 2 is 1.76 bits per heavy atom. The van der Waals surface area contributed by atoms with Crippen molar-refractivity contribution in [1.29, 1.82) is 0 Å². The molecule has 2 N–H and O–H groups in total. The number of thioether (sulfide) groups is 1. The normalized spacial score (nSPS) is 10.5. The first-order valence-corrected chi connectivity index (χ1v) is 10.4. The van der Waals surface area contributed by atoms with Crippen molar-refractivity contribution in [3.8, 4) is 28.5 Å². The summed E-state index contributed by atoms with van der Waals surface area (Å²) in [6.45, 7) is 0. The third-order valence-electron chi connectivity index (χ3n) is 4.00. The number of halogens is 1. The molecule has 3 rings (SSSR count). The van der Waals surface area contributed by atoms with Crippen LogP contribution in [0.15, 0.2) is 52.2 Å². The highest BCUT2D eigenvalue weighted by Gasteiger charge is 2.15. The fourth-order valence-corrected chi connectivity index (χ4v) is 3.55. The minimum atomic E-state index is -0.175. The number of benzene rings is 2. The summed E-state index contributed by atoms with van der Waals surface area (Å²) in [5.41, 5.74) is 2.47. The van der Waals surface area contributed by atoms with Crippen LogP contribution in [0.1, 0.15) is 0 Å². The number of aromatic nitrogens is 2. The molecule has 29 heavy (non-hydrogen) atoms. The number of carbonyl (C=O) groups is 1. The summed E-state index contributed by atoms with van der Waals surface area (Å²) in [5.74, 6) is 1.44. The number of nitrogens with one attached hydrogen (secondary N) is 2. The van der Waals surface area contributed by atoms with Crippen molar-refractivity contribution >= 4 is 39.3 Å². The van der Waals surface area contributed by atoms with Gasteiger partial charge in [-0.2, -0.15) is 0 Å². The second kappa shape index (κ2) is 9.71. The van der Waals surface area contributed by atoms with Crippen LogP contribution in [-0.2, 0) is 4.79 Å². The fourth-order valence-electron chi connectivity index (χ4n) is 2.64. The minimum absolute atomic E-state index is 0.175. The lowest BCUT2D eigenvalue weighted by Crippen LogP contribution is -2.14. The van der Waals surface area contributed by atoms with Crippen LogP contribution in [0.5, 0.6) is 17.2 Å². The number of ether oxygens (including phenoxy) is 3. The lowest BCUT2D eigenvalue weighted by Gasteiger charge is -2.14. The van der Waals surface area contributed by atoms with Crippen LogP contribution < -0.4 is 19.5 Å². The van der Waals surface area contributed by atoms with Gasteiger partial charge in [0.15, 0.2) is 16.7 Å². The van der Waals surface area contributed by atoms with Crippen molar-refractivity contribution in [3.63, 3.8) is 0 Å². The molecule has 0 saturated carbocycles. The summed E-state index contributed by atoms with van der Waals surface area (Å²) < 4.78 is 16.9. The van der Waals surface area contributed by atoms with Crippen molar-refractivity contribution in [3.05, 3.63) is 47.1 Å². The van der Waals surface area contributed by atoms with E-state index in [1.54, 1.807) is 18.3 Å². The highest BCUT2D eigenvalue weighted by atomic mass is 79.9. The quantitative estimate of drug-likeness (QED) is 0.461. The van der Waals surface area contributed by atoms with Crippen molar-refractivity contribution in [2.75, 3.05) is 32.4 Å². The van der Waals surface area contributed by atoms with E-state index in [1.165, 1.54) is 33.1 Å². The van der Waals surface area contributed by atoms with Gasteiger partial charge in [-0.05, 0) is 17.7 Å². The monoisotopic (exact) mass is 477 g/mol. The summed E-state index contributed by atoms with van der Waals surface area (Å²) in [5, 5.41) is 3.50. The van der Waals surface area contributed by atoms with Gasteiger partial charge in [-0.25, -0.2) is 4.98 Å². The average Bonchev–Trinajstić information content (AvgIpc) is 3.21. The first-order chi connectivity index (χ1) is 14.0. The van der Waals surface area contributed by atoms with Gasteiger partial charge >= 0.3 is 0 Å². The zero-order valence-corrected chi connectivity index (χ0v) is 18.5. The second-order valence-corrected chi connectivity index (χ2v) is 7.74. The van der Waals surface area contributed by atoms with E-state index in [2.05, 4.69) is 31.2 Å². The number of hydrogen-bond donors (Lipinski definition) is 2. The zero-order valence-electron chi connectivity index (χ0n) is 16.1. The fraction of sp³-hybridized carbons (Fsp3) is 0.200. The van der Waals surface area contributed by atoms with Crippen LogP contribution in [0.3, 0.4) is 0 Å². The summed E-state index contributed by atoms with van der Waals surface area (Å²) in [6, 6.07) is 11.3. The van der Waals surface area contributed by atoms with Gasteiger partial charge in [0.2, 0.25) is 11.7 Å². The van der Waals surface area contributed by atoms with Crippen LogP contribution in [-0.4, -0.2) is 43.0 Å². The van der Waals surface area contributed by atoms with E-state index in [-0.39, 0.29) is 11.7 Å². The SMILES string of the molecule is COc1cc(NC(=O)CSc2ncc(-c3ccc(Br)cc3)[nH]2)cc(OC)c1OC. The first kappa shape index (κ1) is 21.1. The number of aromatic amines is 1. The lowest BCUT2D eigenvalue weighted by atomic mass is 10.2. The van der Waals surface area contributed by atoms with Crippen LogP contribution in [0.2, 0.25) is 0 Å². The molecule has 7 nitrogen and oxygen atoms in total. The Kier molecular flexibility index (Phi) is 7.05. The van der Waals surface area contributed by atoms with Gasteiger partial charge < -0.3 is 24.5 Å². The molecule has 0 bridgehead atoms. The molecule has 3 aromatic rings. The highest BCUT2D eigenvalue weighted by Crippen LogP contribution is 2.40. The van der Waals surface area contributed by atoms with E-state index in [4.69, 9.17) is 14.2 Å². The molecule has 1 aromatic heterocycles. The van der Waals surface area contributed by atoms with E-state index in [9.17, 15) is 4.79 Å². The Bertz CT molecular complexity index is 967. The number of rotatable bonds is 8. The molecule has 0 spiro atoms. The van der Waals surface area contributed by atoms with E-state index in [0.717, 1.165) is 15.7 Å². The number of methoxy groups -OCH3 is 3. The predicted octanol–water partition coefficient (Wildman–Crippen LogP) is 4.60. The summed E-state index contributed by atoms with van der Waals surface area (Å²) in [7, 11) is 4.58. The summed E-state index contributed by atoms with van der Waals surface area (Å²) in [6.07, 6.45) is 1.75. The van der Waals surface area contributed by atoms with Crippen molar-refractivity contribution < 1.29 is 19.0 Å². The average molecular weight is 478 g/mol. The third kappa shape index (κ3) is 5.24. The molecule has 152 valence electrons. The topological polar surface area (TPSA) is 85.5 Å². The predicted molar refractivity (Wildman–Crippen MR) is 117 cm³/mol. The van der Waals surface area contributed by atoms with Crippen molar-refractivity contribution in [2.45, 2.75) is 5.16 Å². The number of nitrogens with zero attached hydrogens (tertiary/aromatic N) is 1. The van der Waals surface area contributed by atoms with Crippen molar-refractivity contribution in [2.24, 2.45) is 0 Å². The number of H-pyrrole nitrogens is 1. The number of carbonyl (C=O) groups excluding carboxylic acids is 1.